The molecule has 1 spiro atoms. The normalized spacial score (nSPS) is 20.4. The molecule has 2 N–H and O–H groups in total. The highest BCUT2D eigenvalue weighted by Crippen LogP contribution is 2.49. The molecule has 2 aromatic heterocycles. The Labute approximate surface area is 350 Å². The molecule has 2 aromatic carbocycles. The summed E-state index contributed by atoms with van der Waals surface area (Å²) in [4.78, 5) is 36.9. The molecule has 17 heteroatoms. The van der Waals surface area contributed by atoms with E-state index in [2.05, 4.69) is 78.4 Å². The quantitative estimate of drug-likeness (QED) is 0.190. The third-order valence-corrected chi connectivity index (χ3v) is 14.2. The number of imide groups is 1. The van der Waals surface area contributed by atoms with Crippen molar-refractivity contribution in [2.75, 3.05) is 42.9 Å². The first-order valence-corrected chi connectivity index (χ1v) is 21.7. The Morgan fingerprint density at radius 2 is 1.70 bits per heavy atom. The lowest BCUT2D eigenvalue weighted by Crippen LogP contribution is -2.49. The molecule has 5 heterocycles. The van der Waals surface area contributed by atoms with Crippen molar-refractivity contribution in [2.24, 2.45) is 12.5 Å². The van der Waals surface area contributed by atoms with Gasteiger partial charge >= 0.3 is 12.6 Å². The number of aryl methyl sites for hydroxylation is 1. The van der Waals surface area contributed by atoms with Crippen molar-refractivity contribution < 1.29 is 27.3 Å². The monoisotopic (exact) mass is 838 g/mol. The maximum absolute atomic E-state index is 13.7. The van der Waals surface area contributed by atoms with Crippen LogP contribution in [-0.4, -0.2) is 96.5 Å². The van der Waals surface area contributed by atoms with Gasteiger partial charge in [0.25, 0.3) is 0 Å². The van der Waals surface area contributed by atoms with Crippen molar-refractivity contribution in [3.63, 3.8) is 0 Å². The van der Waals surface area contributed by atoms with Crippen LogP contribution in [0, 0.1) is 28.6 Å². The number of carbonyl (C=O) groups is 2. The maximum Gasteiger partial charge on any atom is 0.387 e. The van der Waals surface area contributed by atoms with Crippen LogP contribution in [0.1, 0.15) is 87.3 Å². The fourth-order valence-corrected chi connectivity index (χ4v) is 10.3. The Kier molecular flexibility index (Phi) is 12.1. The van der Waals surface area contributed by atoms with Crippen LogP contribution in [-0.2, 0) is 22.8 Å². The highest BCUT2D eigenvalue weighted by Gasteiger charge is 2.39. The summed E-state index contributed by atoms with van der Waals surface area (Å²) in [7, 11) is 0.457. The number of halogens is 2. The number of alkyl halides is 2. The van der Waals surface area contributed by atoms with Gasteiger partial charge in [-0.25, -0.2) is 23.3 Å². The SMILES string of the molecule is CC(C#Cc1cc(S(=O)N2CCC(Nc3ncc(OC(F)F)cn3)CC2)ccc1C#N)N1CCC2(CCC(c3ccc4c(N5CCC(=O)NC5=O)nn(C)c4c3)CC2)CC1. The maximum atomic E-state index is 13.7. The minimum Gasteiger partial charge on any atom is -0.432 e. The summed E-state index contributed by atoms with van der Waals surface area (Å²) in [6.07, 6.45) is 10.9. The largest absolute Gasteiger partial charge is 0.432 e. The Balaban J connectivity index is 0.829. The topological polar surface area (TPSA) is 162 Å². The Bertz CT molecular complexity index is 2370. The van der Waals surface area contributed by atoms with Gasteiger partial charge in [-0.1, -0.05) is 17.9 Å². The summed E-state index contributed by atoms with van der Waals surface area (Å²) >= 11 is 0. The third-order valence-electron chi connectivity index (χ3n) is 12.7. The summed E-state index contributed by atoms with van der Waals surface area (Å²) in [6, 6.07) is 13.5. The van der Waals surface area contributed by atoms with Crippen molar-refractivity contribution in [2.45, 2.75) is 94.2 Å². The third kappa shape index (κ3) is 8.99. The van der Waals surface area contributed by atoms with Gasteiger partial charge in [-0.05, 0) is 119 Å². The van der Waals surface area contributed by atoms with Gasteiger partial charge in [0.1, 0.15) is 17.1 Å². The molecule has 60 heavy (non-hydrogen) atoms. The zero-order valence-electron chi connectivity index (χ0n) is 33.7. The number of hydrogen-bond acceptors (Lipinski definition) is 10. The summed E-state index contributed by atoms with van der Waals surface area (Å²) in [5.74, 6) is 7.64. The van der Waals surface area contributed by atoms with Gasteiger partial charge in [0, 0.05) is 50.1 Å². The first kappa shape index (κ1) is 41.3. The van der Waals surface area contributed by atoms with Gasteiger partial charge in [-0.2, -0.15) is 19.1 Å². The number of nitrogens with zero attached hydrogens (tertiary/aromatic N) is 8. The van der Waals surface area contributed by atoms with Crippen LogP contribution in [0.15, 0.2) is 53.7 Å². The number of carbonyl (C=O) groups excluding carboxylic acids is 2. The van der Waals surface area contributed by atoms with Crippen LogP contribution < -0.4 is 20.3 Å². The number of nitrogens with one attached hydrogen (secondary N) is 2. The van der Waals surface area contributed by atoms with E-state index in [1.807, 2.05) is 16.0 Å². The van der Waals surface area contributed by atoms with E-state index in [1.54, 1.807) is 23.1 Å². The first-order chi connectivity index (χ1) is 29.0. The summed E-state index contributed by atoms with van der Waals surface area (Å²) in [6.45, 7) is 2.53. The Morgan fingerprint density at radius 1 is 0.967 bits per heavy atom. The second-order valence-corrected chi connectivity index (χ2v) is 17.8. The lowest BCUT2D eigenvalue weighted by Gasteiger charge is -2.47. The number of anilines is 2. The molecule has 3 saturated heterocycles. The predicted molar refractivity (Wildman–Crippen MR) is 221 cm³/mol. The number of nitriles is 1. The average Bonchev–Trinajstić information content (AvgIpc) is 3.58. The number of hydrogen-bond donors (Lipinski definition) is 2. The number of likely N-dealkylation sites (tertiary alicyclic amines) is 1. The number of ether oxygens (including phenoxy) is 1. The molecule has 0 bridgehead atoms. The Hall–Kier alpha value is -5.49. The fourth-order valence-electron chi connectivity index (χ4n) is 9.08. The molecule has 4 fully saturated rings. The van der Waals surface area contributed by atoms with Crippen LogP contribution in [0.25, 0.3) is 10.9 Å². The molecule has 314 valence electrons. The zero-order chi connectivity index (χ0) is 42.0. The van der Waals surface area contributed by atoms with E-state index in [-0.39, 0.29) is 30.2 Å². The van der Waals surface area contributed by atoms with E-state index in [4.69, 9.17) is 0 Å². The van der Waals surface area contributed by atoms with Crippen molar-refractivity contribution in [3.8, 4) is 23.7 Å². The molecular weight excluding hydrogens is 791 g/mol. The van der Waals surface area contributed by atoms with E-state index < -0.39 is 23.6 Å². The van der Waals surface area contributed by atoms with Crippen LogP contribution in [0.4, 0.5) is 25.3 Å². The number of fused-ring (bicyclic) bond motifs is 1. The molecule has 14 nitrogen and oxygen atoms in total. The lowest BCUT2D eigenvalue weighted by molar-refractivity contribution is -0.120. The first-order valence-electron chi connectivity index (χ1n) is 20.6. The number of amides is 3. The standard InChI is InChI=1S/C43H48F2N10O4S/c1-28(3-4-30-23-35(7-5-32(30)25-46)60(58)54-18-11-33(12-19-54)49-41-47-26-34(27-48-41)59-40(44)45)53-21-16-43(17-22-53)14-9-29(10-15-43)31-6-8-36-37(24-31)52(2)51-39(36)55-20-13-38(56)50-42(55)57/h5-8,23-24,26-29,33,40H,9-22H2,1-2H3,(H,47,48,49)(H,50,56,57). The molecular formula is C43H48F2N10O4S. The number of rotatable bonds is 9. The summed E-state index contributed by atoms with van der Waals surface area (Å²) in [5.41, 5.74) is 3.63. The van der Waals surface area contributed by atoms with Gasteiger partial charge in [-0.15, -0.1) is 0 Å². The van der Waals surface area contributed by atoms with Crippen molar-refractivity contribution in [3.05, 3.63) is 65.5 Å². The van der Waals surface area contributed by atoms with Crippen LogP contribution in [0.3, 0.4) is 0 Å². The number of piperidine rings is 2. The molecule has 1 aliphatic carbocycles. The number of benzene rings is 2. The van der Waals surface area contributed by atoms with Gasteiger partial charge in [0.15, 0.2) is 11.6 Å². The van der Waals surface area contributed by atoms with Crippen LogP contribution in [0.5, 0.6) is 5.75 Å². The van der Waals surface area contributed by atoms with Gasteiger partial charge in [-0.3, -0.25) is 24.6 Å². The van der Waals surface area contributed by atoms with E-state index in [0.29, 0.717) is 71.6 Å². The second-order valence-electron chi connectivity index (χ2n) is 16.3. The predicted octanol–water partition coefficient (Wildman–Crippen LogP) is 6.06. The van der Waals surface area contributed by atoms with Crippen molar-refractivity contribution in [1.29, 1.82) is 5.26 Å². The van der Waals surface area contributed by atoms with E-state index in [9.17, 15) is 27.8 Å². The minimum absolute atomic E-state index is 0.00468. The average molecular weight is 839 g/mol. The molecule has 3 amide bonds. The molecule has 2 unspecified atom stereocenters. The summed E-state index contributed by atoms with van der Waals surface area (Å²) < 4.78 is 46.6. The summed E-state index contributed by atoms with van der Waals surface area (Å²) in [5, 5.41) is 21.0. The zero-order valence-corrected chi connectivity index (χ0v) is 34.5. The van der Waals surface area contributed by atoms with E-state index in [0.717, 1.165) is 49.7 Å². The number of urea groups is 1. The van der Waals surface area contributed by atoms with Gasteiger partial charge in [0.05, 0.1) is 34.4 Å². The van der Waals surface area contributed by atoms with E-state index in [1.165, 1.54) is 30.8 Å². The molecule has 8 rings (SSSR count). The van der Waals surface area contributed by atoms with Crippen molar-refractivity contribution >= 4 is 45.6 Å². The second kappa shape index (κ2) is 17.6. The highest BCUT2D eigenvalue weighted by molar-refractivity contribution is 7.82. The minimum atomic E-state index is -2.94. The molecule has 2 atom stereocenters. The molecule has 1 saturated carbocycles. The molecule has 4 aliphatic rings. The van der Waals surface area contributed by atoms with Crippen LogP contribution in [0.2, 0.25) is 0 Å². The molecule has 4 aromatic rings. The van der Waals surface area contributed by atoms with Crippen molar-refractivity contribution in [1.82, 2.24) is 34.3 Å². The van der Waals surface area contributed by atoms with Crippen LogP contribution >= 0.6 is 0 Å². The molecule has 3 aliphatic heterocycles. The molecule has 0 radical (unpaired) electrons. The Morgan fingerprint density at radius 3 is 2.38 bits per heavy atom. The number of aromatic nitrogens is 4. The lowest BCUT2D eigenvalue weighted by atomic mass is 9.64. The highest BCUT2D eigenvalue weighted by atomic mass is 32.2. The smallest absolute Gasteiger partial charge is 0.387 e. The van der Waals surface area contributed by atoms with Gasteiger partial charge in [0.2, 0.25) is 11.9 Å². The fraction of sp³-hybridized carbons (Fsp3) is 0.488. The van der Waals surface area contributed by atoms with E-state index >= 15 is 0 Å². The van der Waals surface area contributed by atoms with Gasteiger partial charge < -0.3 is 10.1 Å².